The Balaban J connectivity index is 1.60. The van der Waals surface area contributed by atoms with Gasteiger partial charge in [0, 0.05) is 36.8 Å². The molecule has 0 spiro atoms. The zero-order valence-electron chi connectivity index (χ0n) is 30.0. The van der Waals surface area contributed by atoms with E-state index in [0.717, 1.165) is 42.5 Å². The summed E-state index contributed by atoms with van der Waals surface area (Å²) in [6.07, 6.45) is 5.44. The Bertz CT molecular complexity index is 1970. The number of hydrogen-bond donors (Lipinski definition) is 1. The number of fused-ring (bicyclic) bond motifs is 4. The number of benzene rings is 3. The summed E-state index contributed by atoms with van der Waals surface area (Å²) >= 11 is 0. The molecule has 0 fully saturated rings. The second-order valence-corrected chi connectivity index (χ2v) is 14.4. The highest BCUT2D eigenvalue weighted by Gasteiger charge is 2.34. The van der Waals surface area contributed by atoms with Gasteiger partial charge in [-0.05, 0) is 98.8 Å². The zero-order valence-corrected chi connectivity index (χ0v) is 30.8. The van der Waals surface area contributed by atoms with E-state index in [1.54, 1.807) is 13.2 Å². The molecule has 4 heterocycles. The average molecular weight is 719 g/mol. The molecule has 0 radical (unpaired) electrons. The van der Waals surface area contributed by atoms with E-state index in [4.69, 9.17) is 28.4 Å². The van der Waals surface area contributed by atoms with E-state index in [-0.39, 0.29) is 34.6 Å². The van der Waals surface area contributed by atoms with E-state index < -0.39 is 16.2 Å². The van der Waals surface area contributed by atoms with Crippen molar-refractivity contribution in [3.8, 4) is 28.7 Å². The molecule has 4 aliphatic heterocycles. The monoisotopic (exact) mass is 718 g/mol. The van der Waals surface area contributed by atoms with Crippen molar-refractivity contribution in [1.82, 2.24) is 9.80 Å². The average Bonchev–Trinajstić information content (AvgIpc) is 3.11. The summed E-state index contributed by atoms with van der Waals surface area (Å²) in [7, 11) is 5.52. The van der Waals surface area contributed by atoms with Crippen LogP contribution < -0.4 is 18.9 Å². The van der Waals surface area contributed by atoms with Gasteiger partial charge in [-0.3, -0.25) is 14.4 Å². The van der Waals surface area contributed by atoms with E-state index in [1.807, 2.05) is 31.3 Å². The van der Waals surface area contributed by atoms with Crippen molar-refractivity contribution in [2.45, 2.75) is 49.1 Å². The molecular formula is C39H46N2O9S. The van der Waals surface area contributed by atoms with Gasteiger partial charge >= 0.3 is 0 Å². The first-order chi connectivity index (χ1) is 24.4. The third-order valence-electron chi connectivity index (χ3n) is 10.1. The molecule has 272 valence electrons. The first kappa shape index (κ1) is 36.3. The highest BCUT2D eigenvalue weighted by molar-refractivity contribution is 7.85. The van der Waals surface area contributed by atoms with E-state index in [1.165, 1.54) is 33.0 Å². The van der Waals surface area contributed by atoms with Crippen molar-refractivity contribution < 1.29 is 41.4 Å². The Labute approximate surface area is 300 Å². The van der Waals surface area contributed by atoms with Gasteiger partial charge in [0.1, 0.15) is 10.6 Å². The van der Waals surface area contributed by atoms with Crippen LogP contribution in [0.5, 0.6) is 28.7 Å². The number of aryl methyl sites for hydroxylation is 1. The molecule has 7 rings (SSSR count). The number of methoxy groups -OCH3 is 4. The van der Waals surface area contributed by atoms with Crippen LogP contribution in [0.1, 0.15) is 41.1 Å². The summed E-state index contributed by atoms with van der Waals surface area (Å²) in [4.78, 5) is 4.21. The quantitative estimate of drug-likeness (QED) is 0.223. The topological polar surface area (TPSA) is 116 Å². The van der Waals surface area contributed by atoms with Crippen LogP contribution in [0.4, 0.5) is 0 Å². The Morgan fingerprint density at radius 2 is 1.53 bits per heavy atom. The standard InChI is InChI=1S/C39H46N2O9S/c1-24(45-4)38(48-7)39-29-9-8-17-40(2)32(29)19-27-21-35(34(47-6)23-37(27)51(42,43)44)49-28-13-10-25(11-14-28)12-15-31-30-22-36(50-39)33(46-5)20-26(30)16-18-41(31)3/h9-11,13-14,20-23,31-32H,1,8,12,15-19H2,2-7H3,(H,42,43,44)/b39-38-/t31-,32-/m0/s1. The third kappa shape index (κ3) is 7.45. The second kappa shape index (κ2) is 15.0. The number of nitrogens with zero attached hydrogens (tertiary/aromatic N) is 2. The molecule has 0 saturated carbocycles. The van der Waals surface area contributed by atoms with Crippen LogP contribution in [0.3, 0.4) is 0 Å². The van der Waals surface area contributed by atoms with Gasteiger partial charge in [0.05, 0.1) is 28.4 Å². The van der Waals surface area contributed by atoms with Gasteiger partial charge in [0.25, 0.3) is 10.1 Å². The summed E-state index contributed by atoms with van der Waals surface area (Å²) in [6, 6.07) is 14.6. The molecule has 2 atom stereocenters. The fourth-order valence-electron chi connectivity index (χ4n) is 7.27. The highest BCUT2D eigenvalue weighted by Crippen LogP contribution is 2.43. The maximum absolute atomic E-state index is 12.9. The van der Waals surface area contributed by atoms with Gasteiger partial charge in [0.15, 0.2) is 34.5 Å². The molecule has 3 aromatic rings. The van der Waals surface area contributed by atoms with Crippen molar-refractivity contribution in [1.29, 1.82) is 0 Å². The normalized spacial score (nSPS) is 20.6. The van der Waals surface area contributed by atoms with Crippen molar-refractivity contribution in [2.24, 2.45) is 0 Å². The Kier molecular flexibility index (Phi) is 10.7. The lowest BCUT2D eigenvalue weighted by molar-refractivity contribution is 0.196. The van der Waals surface area contributed by atoms with Crippen LogP contribution in [0.2, 0.25) is 0 Å². The summed E-state index contributed by atoms with van der Waals surface area (Å²) in [5, 5.41) is 0. The molecule has 51 heavy (non-hydrogen) atoms. The Hall–Kier alpha value is -4.49. The van der Waals surface area contributed by atoms with Crippen LogP contribution in [0.15, 0.2) is 88.9 Å². The van der Waals surface area contributed by atoms with Gasteiger partial charge in [-0.25, -0.2) is 0 Å². The molecule has 4 aliphatic rings. The lowest BCUT2D eigenvalue weighted by Crippen LogP contribution is -2.40. The Morgan fingerprint density at radius 1 is 0.843 bits per heavy atom. The minimum absolute atomic E-state index is 0.126. The minimum Gasteiger partial charge on any atom is -0.493 e. The van der Waals surface area contributed by atoms with E-state index in [0.29, 0.717) is 47.3 Å². The minimum atomic E-state index is -4.67. The summed E-state index contributed by atoms with van der Waals surface area (Å²) in [5.74, 6) is 2.99. The van der Waals surface area contributed by atoms with Crippen molar-refractivity contribution in [2.75, 3.05) is 55.6 Å². The lowest BCUT2D eigenvalue weighted by Gasteiger charge is -2.36. The largest absolute Gasteiger partial charge is 0.493 e. The molecular weight excluding hydrogens is 673 g/mol. The van der Waals surface area contributed by atoms with Crippen LogP contribution in [-0.4, -0.2) is 84.4 Å². The van der Waals surface area contributed by atoms with E-state index in [9.17, 15) is 13.0 Å². The van der Waals surface area contributed by atoms with Crippen LogP contribution in [0, 0.1) is 0 Å². The third-order valence-corrected chi connectivity index (χ3v) is 11.0. The molecule has 0 unspecified atom stereocenters. The predicted octanol–water partition coefficient (Wildman–Crippen LogP) is 6.49. The van der Waals surface area contributed by atoms with Crippen molar-refractivity contribution in [3.63, 3.8) is 0 Å². The maximum Gasteiger partial charge on any atom is 0.294 e. The van der Waals surface area contributed by atoms with E-state index in [2.05, 4.69) is 41.6 Å². The van der Waals surface area contributed by atoms with E-state index >= 15 is 0 Å². The van der Waals surface area contributed by atoms with Crippen LogP contribution in [-0.2, 0) is 38.9 Å². The number of ether oxygens (including phenoxy) is 6. The fraction of sp³-hybridized carbons (Fsp3) is 0.385. The van der Waals surface area contributed by atoms with Gasteiger partial charge in [-0.15, -0.1) is 0 Å². The maximum atomic E-state index is 12.9. The van der Waals surface area contributed by atoms with Gasteiger partial charge in [-0.2, -0.15) is 8.42 Å². The van der Waals surface area contributed by atoms with Gasteiger partial charge in [0.2, 0.25) is 5.76 Å². The molecule has 1 N–H and O–H groups in total. The fourth-order valence-corrected chi connectivity index (χ4v) is 8.00. The number of rotatable bonds is 6. The first-order valence-electron chi connectivity index (χ1n) is 16.9. The summed E-state index contributed by atoms with van der Waals surface area (Å²) in [5.41, 5.74) is 4.56. The summed E-state index contributed by atoms with van der Waals surface area (Å²) in [6.45, 7) is 5.69. The molecule has 0 aromatic heterocycles. The van der Waals surface area contributed by atoms with Crippen LogP contribution >= 0.6 is 0 Å². The molecule has 3 aromatic carbocycles. The lowest BCUT2D eigenvalue weighted by atomic mass is 9.88. The summed E-state index contributed by atoms with van der Waals surface area (Å²) < 4.78 is 72.4. The predicted molar refractivity (Wildman–Crippen MR) is 193 cm³/mol. The molecule has 0 amide bonds. The molecule has 0 saturated heterocycles. The SMILES string of the molecule is C=C(OC)/C(OC)=C1/Oc2cc3c(cc2OC)CCN(C)[C@H]3CCc2ccc(cc2)Oc2cc(c(S(=O)(=O)O)cc2OC)C[C@H]2C1=CCCN2C. The zero-order chi connectivity index (χ0) is 36.4. The molecule has 11 nitrogen and oxygen atoms in total. The van der Waals surface area contributed by atoms with Gasteiger partial charge < -0.3 is 28.4 Å². The van der Waals surface area contributed by atoms with Gasteiger partial charge in [-0.1, -0.05) is 24.8 Å². The van der Waals surface area contributed by atoms with Crippen LogP contribution in [0.25, 0.3) is 0 Å². The highest BCUT2D eigenvalue weighted by atomic mass is 32.2. The number of hydrogen-bond acceptors (Lipinski definition) is 10. The molecule has 12 heteroatoms. The molecule has 6 bridgehead atoms. The number of likely N-dealkylation sites (N-methyl/N-ethyl adjacent to an activating group) is 2. The molecule has 0 aliphatic carbocycles. The Morgan fingerprint density at radius 3 is 2.20 bits per heavy atom. The smallest absolute Gasteiger partial charge is 0.294 e. The van der Waals surface area contributed by atoms with Crippen molar-refractivity contribution in [3.05, 3.63) is 106 Å². The second-order valence-electron chi connectivity index (χ2n) is 13.1. The van der Waals surface area contributed by atoms with Crippen molar-refractivity contribution >= 4 is 10.1 Å². The first-order valence-corrected chi connectivity index (χ1v) is 18.4.